The second-order valence-electron chi connectivity index (χ2n) is 5.44. The fraction of sp³-hybridized carbons (Fsp3) is 0.333. The van der Waals surface area contributed by atoms with Crippen LogP contribution in [0.25, 0.3) is 0 Å². The summed E-state index contributed by atoms with van der Waals surface area (Å²) in [6.45, 7) is 7.01. The van der Waals surface area contributed by atoms with Crippen LogP contribution in [0.1, 0.15) is 57.6 Å². The van der Waals surface area contributed by atoms with Crippen molar-refractivity contribution in [2.75, 3.05) is 6.61 Å². The molecule has 0 saturated carbocycles. The highest BCUT2D eigenvalue weighted by molar-refractivity contribution is 5.98. The lowest BCUT2D eigenvalue weighted by Gasteiger charge is -2.14. The molecule has 2 rings (SSSR count). The molecule has 0 radical (unpaired) electrons. The zero-order chi connectivity index (χ0) is 17.9. The molecule has 0 aliphatic heterocycles. The summed E-state index contributed by atoms with van der Waals surface area (Å²) in [6.07, 6.45) is -0.544. The van der Waals surface area contributed by atoms with E-state index in [0.29, 0.717) is 22.4 Å². The molecule has 1 aromatic heterocycles. The van der Waals surface area contributed by atoms with E-state index in [1.54, 1.807) is 39.8 Å². The standard InChI is InChI=1S/C18H20FNO4/c1-5-23-18(22)16-10(2)15(11(3)20-16)17(21)24-12(4)13-6-8-14(19)9-7-13/h6-9,12,20H,5H2,1-4H3/t12-/m1/s1. The third-order valence-corrected chi connectivity index (χ3v) is 3.74. The monoisotopic (exact) mass is 333 g/mol. The van der Waals surface area contributed by atoms with E-state index in [4.69, 9.17) is 9.47 Å². The van der Waals surface area contributed by atoms with Crippen molar-refractivity contribution >= 4 is 11.9 Å². The normalized spacial score (nSPS) is 11.9. The van der Waals surface area contributed by atoms with Crippen molar-refractivity contribution in [3.05, 3.63) is 58.2 Å². The van der Waals surface area contributed by atoms with Crippen molar-refractivity contribution in [2.24, 2.45) is 0 Å². The second kappa shape index (κ2) is 7.29. The lowest BCUT2D eigenvalue weighted by molar-refractivity contribution is 0.0336. The molecule has 1 heterocycles. The number of benzene rings is 1. The first-order chi connectivity index (χ1) is 11.3. The number of carbonyl (C=O) groups excluding carboxylic acids is 2. The maximum atomic E-state index is 13.0. The van der Waals surface area contributed by atoms with Crippen molar-refractivity contribution in [2.45, 2.75) is 33.8 Å². The Hall–Kier alpha value is -2.63. The van der Waals surface area contributed by atoms with E-state index in [0.717, 1.165) is 0 Å². The summed E-state index contributed by atoms with van der Waals surface area (Å²) in [5, 5.41) is 0. The topological polar surface area (TPSA) is 68.4 Å². The summed E-state index contributed by atoms with van der Waals surface area (Å²) in [6, 6.07) is 5.75. The van der Waals surface area contributed by atoms with E-state index in [-0.39, 0.29) is 18.1 Å². The number of carbonyl (C=O) groups is 2. The number of hydrogen-bond acceptors (Lipinski definition) is 4. The predicted molar refractivity (Wildman–Crippen MR) is 86.5 cm³/mol. The Morgan fingerprint density at radius 2 is 1.79 bits per heavy atom. The largest absolute Gasteiger partial charge is 0.461 e. The molecule has 0 bridgehead atoms. The zero-order valence-electron chi connectivity index (χ0n) is 14.1. The number of rotatable bonds is 5. The van der Waals surface area contributed by atoms with E-state index in [9.17, 15) is 14.0 Å². The number of nitrogens with one attached hydrogen (secondary N) is 1. The minimum Gasteiger partial charge on any atom is -0.461 e. The van der Waals surface area contributed by atoms with Gasteiger partial charge in [0.2, 0.25) is 0 Å². The molecule has 0 amide bonds. The Morgan fingerprint density at radius 1 is 1.17 bits per heavy atom. The highest BCUT2D eigenvalue weighted by Gasteiger charge is 2.25. The summed E-state index contributed by atoms with van der Waals surface area (Å²) >= 11 is 0. The smallest absolute Gasteiger partial charge is 0.355 e. The lowest BCUT2D eigenvalue weighted by atomic mass is 10.1. The molecular formula is C18H20FNO4. The van der Waals surface area contributed by atoms with Gasteiger partial charge in [-0.25, -0.2) is 14.0 Å². The first-order valence-electron chi connectivity index (χ1n) is 7.67. The van der Waals surface area contributed by atoms with Crippen LogP contribution in [0.4, 0.5) is 4.39 Å². The van der Waals surface area contributed by atoms with Crippen LogP contribution in [0.2, 0.25) is 0 Å². The van der Waals surface area contributed by atoms with E-state index in [2.05, 4.69) is 4.98 Å². The van der Waals surface area contributed by atoms with Gasteiger partial charge in [0.1, 0.15) is 17.6 Å². The summed E-state index contributed by atoms with van der Waals surface area (Å²) in [5.74, 6) is -1.41. The number of aryl methyl sites for hydroxylation is 1. The van der Waals surface area contributed by atoms with Crippen molar-refractivity contribution in [1.29, 1.82) is 0 Å². The molecule has 0 aliphatic rings. The van der Waals surface area contributed by atoms with E-state index in [1.165, 1.54) is 12.1 Å². The Balaban J connectivity index is 2.20. The fourth-order valence-corrected chi connectivity index (χ4v) is 2.48. The molecule has 0 fully saturated rings. The molecule has 0 saturated heterocycles. The Morgan fingerprint density at radius 3 is 2.38 bits per heavy atom. The lowest BCUT2D eigenvalue weighted by Crippen LogP contribution is -2.11. The van der Waals surface area contributed by atoms with Gasteiger partial charge in [0.05, 0.1) is 12.2 Å². The van der Waals surface area contributed by atoms with Gasteiger partial charge >= 0.3 is 11.9 Å². The minimum atomic E-state index is -0.548. The highest BCUT2D eigenvalue weighted by Crippen LogP contribution is 2.24. The van der Waals surface area contributed by atoms with Crippen LogP contribution in [0, 0.1) is 19.7 Å². The minimum absolute atomic E-state index is 0.246. The fourth-order valence-electron chi connectivity index (χ4n) is 2.48. The van der Waals surface area contributed by atoms with Crippen LogP contribution in [0.5, 0.6) is 0 Å². The van der Waals surface area contributed by atoms with Crippen molar-refractivity contribution in [3.63, 3.8) is 0 Å². The van der Waals surface area contributed by atoms with Gasteiger partial charge in [-0.15, -0.1) is 0 Å². The quantitative estimate of drug-likeness (QED) is 0.844. The Bertz CT molecular complexity index is 749. The molecule has 1 atom stereocenters. The molecule has 5 nitrogen and oxygen atoms in total. The molecular weight excluding hydrogens is 313 g/mol. The summed E-state index contributed by atoms with van der Waals surface area (Å²) in [4.78, 5) is 27.2. The van der Waals surface area contributed by atoms with Crippen LogP contribution >= 0.6 is 0 Å². The SMILES string of the molecule is CCOC(=O)c1[nH]c(C)c(C(=O)O[C@H](C)c2ccc(F)cc2)c1C. The number of H-pyrrole nitrogens is 1. The van der Waals surface area contributed by atoms with Crippen molar-refractivity contribution in [3.8, 4) is 0 Å². The van der Waals surface area contributed by atoms with Gasteiger partial charge in [0, 0.05) is 5.69 Å². The van der Waals surface area contributed by atoms with Crippen LogP contribution < -0.4 is 0 Å². The zero-order valence-corrected chi connectivity index (χ0v) is 14.1. The average Bonchev–Trinajstić information content (AvgIpc) is 2.83. The molecule has 0 spiro atoms. The Kier molecular flexibility index (Phi) is 5.39. The number of ether oxygens (including phenoxy) is 2. The third-order valence-electron chi connectivity index (χ3n) is 3.74. The first-order valence-corrected chi connectivity index (χ1v) is 7.67. The number of aromatic nitrogens is 1. The summed E-state index contributed by atoms with van der Waals surface area (Å²) < 4.78 is 23.4. The number of aromatic amines is 1. The van der Waals surface area contributed by atoms with E-state index >= 15 is 0 Å². The maximum absolute atomic E-state index is 13.0. The number of hydrogen-bond donors (Lipinski definition) is 1. The van der Waals surface area contributed by atoms with Gasteiger partial charge < -0.3 is 14.5 Å². The molecule has 24 heavy (non-hydrogen) atoms. The predicted octanol–water partition coefficient (Wildman–Crippen LogP) is 3.87. The molecule has 0 unspecified atom stereocenters. The summed E-state index contributed by atoms with van der Waals surface area (Å²) in [5.41, 5.74) is 2.26. The van der Waals surface area contributed by atoms with Crippen molar-refractivity contribution < 1.29 is 23.5 Å². The highest BCUT2D eigenvalue weighted by atomic mass is 19.1. The van der Waals surface area contributed by atoms with E-state index in [1.807, 2.05) is 0 Å². The van der Waals surface area contributed by atoms with Gasteiger partial charge in [-0.1, -0.05) is 12.1 Å². The third kappa shape index (κ3) is 3.64. The molecule has 2 aromatic rings. The van der Waals surface area contributed by atoms with Crippen molar-refractivity contribution in [1.82, 2.24) is 4.98 Å². The number of esters is 2. The average molecular weight is 333 g/mol. The van der Waals surface area contributed by atoms with E-state index < -0.39 is 18.0 Å². The van der Waals surface area contributed by atoms with Crippen LogP contribution in [0.3, 0.4) is 0 Å². The molecule has 128 valence electrons. The van der Waals surface area contributed by atoms with Crippen LogP contribution in [-0.2, 0) is 9.47 Å². The molecule has 6 heteroatoms. The molecule has 0 aliphatic carbocycles. The second-order valence-corrected chi connectivity index (χ2v) is 5.44. The molecule has 1 aromatic carbocycles. The van der Waals surface area contributed by atoms with Crippen LogP contribution in [-0.4, -0.2) is 23.5 Å². The van der Waals surface area contributed by atoms with Gasteiger partial charge in [0.25, 0.3) is 0 Å². The van der Waals surface area contributed by atoms with Gasteiger partial charge in [-0.2, -0.15) is 0 Å². The first kappa shape index (κ1) is 17.7. The number of halogens is 1. The molecule has 1 N–H and O–H groups in total. The summed E-state index contributed by atoms with van der Waals surface area (Å²) in [7, 11) is 0. The van der Waals surface area contributed by atoms with Crippen LogP contribution in [0.15, 0.2) is 24.3 Å². The Labute approximate surface area is 139 Å². The van der Waals surface area contributed by atoms with Gasteiger partial charge in [0.15, 0.2) is 0 Å². The van der Waals surface area contributed by atoms with Gasteiger partial charge in [-0.3, -0.25) is 0 Å². The maximum Gasteiger partial charge on any atom is 0.355 e. The van der Waals surface area contributed by atoms with Gasteiger partial charge in [-0.05, 0) is 51.0 Å².